The molecule has 4 rings (SSSR count). The van der Waals surface area contributed by atoms with E-state index >= 15 is 0 Å². The van der Waals surface area contributed by atoms with E-state index in [0.29, 0.717) is 30.2 Å². The van der Waals surface area contributed by atoms with E-state index < -0.39 is 23.8 Å². The van der Waals surface area contributed by atoms with Crippen LogP contribution in [0.15, 0.2) is 52.9 Å². The standard InChI is InChI=1S/C29H32F3NO5/c1-18-6-4-7-22(14-18)27-33-26(19(2)37-27)17-36-24-8-5-9-25(15-24)38-28(34)20(3)35-16-21-10-12-23(13-11-21)29(30,31)32/h4,6-7,10-14,20,24-25H,5,8-9,15-17H2,1-3H3/t20?,24-,25+/m0/s1. The van der Waals surface area contributed by atoms with E-state index in [1.807, 2.05) is 38.1 Å². The molecule has 6 nitrogen and oxygen atoms in total. The number of oxazole rings is 1. The molecule has 0 saturated heterocycles. The maximum absolute atomic E-state index is 12.7. The van der Waals surface area contributed by atoms with Gasteiger partial charge >= 0.3 is 12.1 Å². The fourth-order valence-corrected chi connectivity index (χ4v) is 4.36. The number of benzene rings is 2. The van der Waals surface area contributed by atoms with Gasteiger partial charge in [-0.05, 0) is 69.9 Å². The Morgan fingerprint density at radius 2 is 1.82 bits per heavy atom. The first-order valence-electron chi connectivity index (χ1n) is 12.7. The van der Waals surface area contributed by atoms with Crippen LogP contribution < -0.4 is 0 Å². The molecule has 204 valence electrons. The van der Waals surface area contributed by atoms with Crippen LogP contribution in [0.3, 0.4) is 0 Å². The second kappa shape index (κ2) is 12.1. The molecule has 3 atom stereocenters. The molecular formula is C29H32F3NO5. The van der Waals surface area contributed by atoms with Crippen LogP contribution in [-0.4, -0.2) is 29.3 Å². The topological polar surface area (TPSA) is 70.8 Å². The van der Waals surface area contributed by atoms with Gasteiger partial charge in [-0.2, -0.15) is 13.2 Å². The number of hydrogen-bond acceptors (Lipinski definition) is 6. The summed E-state index contributed by atoms with van der Waals surface area (Å²) in [6, 6.07) is 12.6. The number of rotatable bonds is 9. The molecule has 38 heavy (non-hydrogen) atoms. The maximum atomic E-state index is 12.7. The molecule has 0 radical (unpaired) electrons. The highest BCUT2D eigenvalue weighted by Gasteiger charge is 2.30. The summed E-state index contributed by atoms with van der Waals surface area (Å²) in [4.78, 5) is 17.2. The van der Waals surface area contributed by atoms with E-state index in [0.717, 1.165) is 48.2 Å². The van der Waals surface area contributed by atoms with Gasteiger partial charge in [-0.15, -0.1) is 0 Å². The third-order valence-electron chi connectivity index (χ3n) is 6.59. The van der Waals surface area contributed by atoms with Crippen molar-refractivity contribution in [3.05, 3.63) is 76.7 Å². The average molecular weight is 532 g/mol. The molecule has 0 spiro atoms. The molecule has 0 bridgehead atoms. The Balaban J connectivity index is 1.23. The molecule has 1 heterocycles. The van der Waals surface area contributed by atoms with Crippen molar-refractivity contribution in [2.75, 3.05) is 0 Å². The van der Waals surface area contributed by atoms with E-state index in [1.54, 1.807) is 6.92 Å². The van der Waals surface area contributed by atoms with E-state index in [1.165, 1.54) is 12.1 Å². The first-order valence-corrected chi connectivity index (χ1v) is 12.7. The maximum Gasteiger partial charge on any atom is 0.416 e. The van der Waals surface area contributed by atoms with Gasteiger partial charge in [-0.25, -0.2) is 9.78 Å². The Morgan fingerprint density at radius 3 is 2.53 bits per heavy atom. The molecule has 1 aliphatic rings. The van der Waals surface area contributed by atoms with E-state index in [4.69, 9.17) is 18.6 Å². The van der Waals surface area contributed by atoms with Crippen LogP contribution in [0.5, 0.6) is 0 Å². The Kier molecular flexibility index (Phi) is 8.89. The second-order valence-electron chi connectivity index (χ2n) is 9.70. The molecule has 1 aromatic heterocycles. The van der Waals surface area contributed by atoms with Crippen LogP contribution in [0.4, 0.5) is 13.2 Å². The zero-order valence-electron chi connectivity index (χ0n) is 21.7. The second-order valence-corrected chi connectivity index (χ2v) is 9.70. The lowest BCUT2D eigenvalue weighted by Crippen LogP contribution is -2.33. The highest BCUT2D eigenvalue weighted by molar-refractivity contribution is 5.74. The molecular weight excluding hydrogens is 499 g/mol. The van der Waals surface area contributed by atoms with Crippen molar-refractivity contribution in [2.24, 2.45) is 0 Å². The molecule has 3 aromatic rings. The fraction of sp³-hybridized carbons (Fsp3) is 0.448. The third kappa shape index (κ3) is 7.45. The molecule has 1 unspecified atom stereocenters. The van der Waals surface area contributed by atoms with Crippen molar-refractivity contribution in [1.29, 1.82) is 0 Å². The third-order valence-corrected chi connectivity index (χ3v) is 6.59. The zero-order valence-corrected chi connectivity index (χ0v) is 21.7. The average Bonchev–Trinajstić information content (AvgIpc) is 3.26. The van der Waals surface area contributed by atoms with Crippen molar-refractivity contribution >= 4 is 5.97 Å². The number of halogens is 3. The molecule has 1 fully saturated rings. The lowest BCUT2D eigenvalue weighted by molar-refractivity contribution is -0.166. The lowest BCUT2D eigenvalue weighted by Gasteiger charge is -2.29. The predicted octanol–water partition coefficient (Wildman–Crippen LogP) is 6.95. The van der Waals surface area contributed by atoms with Gasteiger partial charge < -0.3 is 18.6 Å². The molecule has 1 aliphatic carbocycles. The highest BCUT2D eigenvalue weighted by atomic mass is 19.4. The number of nitrogens with zero attached hydrogens (tertiary/aromatic N) is 1. The normalized spacial score (nSPS) is 18.8. The van der Waals surface area contributed by atoms with Gasteiger partial charge in [0.25, 0.3) is 0 Å². The van der Waals surface area contributed by atoms with Gasteiger partial charge in [0.05, 0.1) is 24.9 Å². The van der Waals surface area contributed by atoms with Crippen molar-refractivity contribution in [2.45, 2.75) is 84.2 Å². The van der Waals surface area contributed by atoms with Gasteiger partial charge in [0, 0.05) is 12.0 Å². The summed E-state index contributed by atoms with van der Waals surface area (Å²) < 4.78 is 61.3. The van der Waals surface area contributed by atoms with Gasteiger partial charge in [0.2, 0.25) is 5.89 Å². The minimum absolute atomic E-state index is 0.00635. The molecule has 0 N–H and O–H groups in total. The van der Waals surface area contributed by atoms with Gasteiger partial charge in [0.1, 0.15) is 17.6 Å². The van der Waals surface area contributed by atoms with Gasteiger partial charge in [-0.3, -0.25) is 0 Å². The van der Waals surface area contributed by atoms with Gasteiger partial charge in [-0.1, -0.05) is 29.8 Å². The summed E-state index contributed by atoms with van der Waals surface area (Å²) >= 11 is 0. The number of carbonyl (C=O) groups is 1. The lowest BCUT2D eigenvalue weighted by atomic mass is 9.95. The summed E-state index contributed by atoms with van der Waals surface area (Å²) in [6.07, 6.45) is -2.60. The quantitative estimate of drug-likeness (QED) is 0.278. The molecule has 0 aliphatic heterocycles. The van der Waals surface area contributed by atoms with E-state index in [-0.39, 0.29) is 18.8 Å². The van der Waals surface area contributed by atoms with Crippen LogP contribution in [-0.2, 0) is 38.4 Å². The predicted molar refractivity (Wildman–Crippen MR) is 134 cm³/mol. The van der Waals surface area contributed by atoms with E-state index in [2.05, 4.69) is 4.98 Å². The molecule has 0 amide bonds. The van der Waals surface area contributed by atoms with Crippen LogP contribution >= 0.6 is 0 Å². The number of hydrogen-bond donors (Lipinski definition) is 0. The zero-order chi connectivity index (χ0) is 27.3. The Labute approximate surface area is 220 Å². The summed E-state index contributed by atoms with van der Waals surface area (Å²) in [5, 5.41) is 0. The number of esters is 1. The Bertz CT molecular complexity index is 1220. The van der Waals surface area contributed by atoms with Crippen molar-refractivity contribution in [1.82, 2.24) is 4.98 Å². The number of ether oxygens (including phenoxy) is 3. The number of aryl methyl sites for hydroxylation is 2. The fourth-order valence-electron chi connectivity index (χ4n) is 4.36. The Morgan fingerprint density at radius 1 is 1.08 bits per heavy atom. The van der Waals surface area contributed by atoms with Crippen molar-refractivity contribution in [3.63, 3.8) is 0 Å². The minimum Gasteiger partial charge on any atom is -0.460 e. The van der Waals surface area contributed by atoms with Crippen LogP contribution in [0, 0.1) is 13.8 Å². The van der Waals surface area contributed by atoms with Crippen molar-refractivity contribution in [3.8, 4) is 11.5 Å². The van der Waals surface area contributed by atoms with Crippen molar-refractivity contribution < 1.29 is 36.6 Å². The summed E-state index contributed by atoms with van der Waals surface area (Å²) in [6.45, 7) is 5.76. The highest BCUT2D eigenvalue weighted by Crippen LogP contribution is 2.30. The molecule has 2 aromatic carbocycles. The SMILES string of the molecule is Cc1cccc(-c2nc(CO[C@H]3CCC[C@@H](OC(=O)C(C)OCc4ccc(C(F)(F)F)cc4)C3)c(C)o2)c1. The summed E-state index contributed by atoms with van der Waals surface area (Å²) in [7, 11) is 0. The summed E-state index contributed by atoms with van der Waals surface area (Å²) in [5.74, 6) is 0.766. The summed E-state index contributed by atoms with van der Waals surface area (Å²) in [5.41, 5.74) is 2.59. The largest absolute Gasteiger partial charge is 0.460 e. The first-order chi connectivity index (χ1) is 18.1. The van der Waals surface area contributed by atoms with E-state index in [9.17, 15) is 18.0 Å². The van der Waals surface area contributed by atoms with Crippen LogP contribution in [0.2, 0.25) is 0 Å². The monoisotopic (exact) mass is 531 g/mol. The number of aromatic nitrogens is 1. The minimum atomic E-state index is -4.39. The van der Waals surface area contributed by atoms with Crippen LogP contribution in [0.25, 0.3) is 11.5 Å². The van der Waals surface area contributed by atoms with Gasteiger partial charge in [0.15, 0.2) is 6.10 Å². The number of alkyl halides is 3. The number of carbonyl (C=O) groups excluding carboxylic acids is 1. The molecule has 1 saturated carbocycles. The molecule has 9 heteroatoms. The Hall–Kier alpha value is -3.17. The van der Waals surface area contributed by atoms with Crippen LogP contribution in [0.1, 0.15) is 60.8 Å². The smallest absolute Gasteiger partial charge is 0.416 e. The first kappa shape index (κ1) is 27.9.